The zero-order valence-electron chi connectivity index (χ0n) is 22.1. The molecule has 0 amide bonds. The van der Waals surface area contributed by atoms with Gasteiger partial charge in [-0.25, -0.2) is 4.79 Å². The number of ether oxygens (including phenoxy) is 2. The quantitative estimate of drug-likeness (QED) is 0.174. The van der Waals surface area contributed by atoms with Crippen molar-refractivity contribution in [1.82, 2.24) is 0 Å². The lowest BCUT2D eigenvalue weighted by Crippen LogP contribution is -2.41. The first-order valence-electron chi connectivity index (χ1n) is 12.8. The Labute approximate surface area is 205 Å². The zero-order chi connectivity index (χ0) is 25.0. The van der Waals surface area contributed by atoms with Gasteiger partial charge in [0.05, 0.1) is 5.92 Å². The molecule has 34 heavy (non-hydrogen) atoms. The lowest BCUT2D eigenvalue weighted by atomic mass is 9.72. The van der Waals surface area contributed by atoms with Gasteiger partial charge in [0, 0.05) is 12.0 Å². The van der Waals surface area contributed by atoms with Crippen LogP contribution in [0.3, 0.4) is 0 Å². The maximum Gasteiger partial charge on any atom is 0.336 e. The summed E-state index contributed by atoms with van der Waals surface area (Å²) in [6.45, 7) is 14.3. The molecule has 1 fully saturated rings. The van der Waals surface area contributed by atoms with Crippen LogP contribution in [0.1, 0.15) is 97.6 Å². The van der Waals surface area contributed by atoms with E-state index in [1.807, 2.05) is 19.9 Å². The van der Waals surface area contributed by atoms with Crippen LogP contribution in [0, 0.1) is 17.8 Å². The van der Waals surface area contributed by atoms with Crippen molar-refractivity contribution in [2.24, 2.45) is 17.8 Å². The second-order valence-electron chi connectivity index (χ2n) is 11.3. The second-order valence-corrected chi connectivity index (χ2v) is 11.3. The van der Waals surface area contributed by atoms with Gasteiger partial charge in [0.1, 0.15) is 11.4 Å². The summed E-state index contributed by atoms with van der Waals surface area (Å²) < 4.78 is 11.8. The average Bonchev–Trinajstić information content (AvgIpc) is 2.67. The van der Waals surface area contributed by atoms with Crippen LogP contribution in [0.5, 0.6) is 5.75 Å². The highest BCUT2D eigenvalue weighted by atomic mass is 16.6. The molecule has 2 unspecified atom stereocenters. The zero-order valence-corrected chi connectivity index (χ0v) is 22.1. The van der Waals surface area contributed by atoms with Crippen molar-refractivity contribution in [3.05, 3.63) is 52.6 Å². The molecule has 0 radical (unpaired) electrons. The Bertz CT molecular complexity index is 958. The van der Waals surface area contributed by atoms with Crippen LogP contribution in [0.2, 0.25) is 0 Å². The molecular weight excluding hydrogens is 424 g/mol. The first-order valence-corrected chi connectivity index (χ1v) is 12.8. The van der Waals surface area contributed by atoms with Crippen molar-refractivity contribution in [1.29, 1.82) is 0 Å². The second kappa shape index (κ2) is 10.9. The standard InChI is InChI=1S/C30H42O4/c1-19(2)15-28(31)33-27-17-22(12-14-26(27)20(3)4)16-24-18-25(13-11-21(24)5)30(6,7)34-29(32)23-9-8-10-23/h11-12,14-15,17,20,23-25H,8-10,13,16,18H2,1-7H3. The minimum Gasteiger partial charge on any atom is -0.459 e. The molecule has 0 saturated heterocycles. The van der Waals surface area contributed by atoms with E-state index in [2.05, 4.69) is 52.8 Å². The SMILES string of the molecule is CC(C)=CC(=O)Oc1cc(CC2CC(C(C)(C)OC(=O)C3CCC3)CC=C2C)ccc1C(C)C. The lowest BCUT2D eigenvalue weighted by Gasteiger charge is -2.40. The maximum absolute atomic E-state index is 12.5. The molecule has 0 heterocycles. The Balaban J connectivity index is 1.74. The topological polar surface area (TPSA) is 52.6 Å². The molecule has 1 aromatic rings. The fraction of sp³-hybridized carbons (Fsp3) is 0.600. The van der Waals surface area contributed by atoms with E-state index < -0.39 is 5.60 Å². The summed E-state index contributed by atoms with van der Waals surface area (Å²) in [4.78, 5) is 24.8. The number of carbonyl (C=O) groups excluding carboxylic acids is 2. The van der Waals surface area contributed by atoms with E-state index in [4.69, 9.17) is 9.47 Å². The number of rotatable bonds is 8. The molecular formula is C30H42O4. The molecule has 0 spiro atoms. The minimum atomic E-state index is -0.478. The number of hydrogen-bond acceptors (Lipinski definition) is 4. The van der Waals surface area contributed by atoms with Crippen LogP contribution in [-0.2, 0) is 20.7 Å². The van der Waals surface area contributed by atoms with Gasteiger partial charge in [-0.1, -0.05) is 49.6 Å². The van der Waals surface area contributed by atoms with E-state index in [1.165, 1.54) is 11.6 Å². The summed E-state index contributed by atoms with van der Waals surface area (Å²) in [5.41, 5.74) is 4.02. The van der Waals surface area contributed by atoms with Crippen LogP contribution in [0.4, 0.5) is 0 Å². The minimum absolute atomic E-state index is 0.0221. The summed E-state index contributed by atoms with van der Waals surface area (Å²) in [6, 6.07) is 6.28. The molecule has 4 nitrogen and oxygen atoms in total. The fourth-order valence-electron chi connectivity index (χ4n) is 4.93. The normalized spacial score (nSPS) is 20.9. The van der Waals surface area contributed by atoms with Gasteiger partial charge < -0.3 is 9.47 Å². The summed E-state index contributed by atoms with van der Waals surface area (Å²) in [7, 11) is 0. The average molecular weight is 467 g/mol. The van der Waals surface area contributed by atoms with Crippen molar-refractivity contribution in [3.8, 4) is 5.75 Å². The van der Waals surface area contributed by atoms with Gasteiger partial charge in [-0.05, 0) is 95.8 Å². The van der Waals surface area contributed by atoms with Crippen LogP contribution in [0.15, 0.2) is 41.5 Å². The van der Waals surface area contributed by atoms with E-state index in [9.17, 15) is 9.59 Å². The van der Waals surface area contributed by atoms with Crippen molar-refractivity contribution in [2.75, 3.05) is 0 Å². The summed E-state index contributed by atoms with van der Waals surface area (Å²) in [5.74, 6) is 1.31. The van der Waals surface area contributed by atoms with E-state index in [0.29, 0.717) is 11.7 Å². The highest BCUT2D eigenvalue weighted by molar-refractivity contribution is 5.85. The summed E-state index contributed by atoms with van der Waals surface area (Å²) in [6.07, 6.45) is 9.70. The Morgan fingerprint density at radius 3 is 2.47 bits per heavy atom. The Morgan fingerprint density at radius 2 is 1.88 bits per heavy atom. The third kappa shape index (κ3) is 6.61. The molecule has 4 heteroatoms. The molecule has 0 aromatic heterocycles. The van der Waals surface area contributed by atoms with Crippen molar-refractivity contribution >= 4 is 11.9 Å². The molecule has 186 valence electrons. The predicted octanol–water partition coefficient (Wildman–Crippen LogP) is 7.32. The van der Waals surface area contributed by atoms with Gasteiger partial charge in [-0.15, -0.1) is 0 Å². The summed E-state index contributed by atoms with van der Waals surface area (Å²) in [5, 5.41) is 0. The van der Waals surface area contributed by atoms with Gasteiger partial charge in [0.25, 0.3) is 0 Å². The van der Waals surface area contributed by atoms with Crippen LogP contribution >= 0.6 is 0 Å². The van der Waals surface area contributed by atoms with Gasteiger partial charge in [-0.2, -0.15) is 0 Å². The monoisotopic (exact) mass is 466 g/mol. The van der Waals surface area contributed by atoms with Gasteiger partial charge in [0.15, 0.2) is 0 Å². The Morgan fingerprint density at radius 1 is 1.18 bits per heavy atom. The smallest absolute Gasteiger partial charge is 0.336 e. The number of esters is 2. The lowest BCUT2D eigenvalue weighted by molar-refractivity contribution is -0.170. The Hall–Kier alpha value is -2.36. The van der Waals surface area contributed by atoms with E-state index >= 15 is 0 Å². The third-order valence-electron chi connectivity index (χ3n) is 7.52. The molecule has 1 aromatic carbocycles. The number of benzene rings is 1. The largest absolute Gasteiger partial charge is 0.459 e. The van der Waals surface area contributed by atoms with E-state index in [1.54, 1.807) is 0 Å². The van der Waals surface area contributed by atoms with Crippen LogP contribution in [0.25, 0.3) is 0 Å². The van der Waals surface area contributed by atoms with E-state index in [0.717, 1.165) is 55.2 Å². The summed E-state index contributed by atoms with van der Waals surface area (Å²) >= 11 is 0. The van der Waals surface area contributed by atoms with Crippen molar-refractivity contribution < 1.29 is 19.1 Å². The molecule has 2 aliphatic carbocycles. The number of hydrogen-bond donors (Lipinski definition) is 0. The first kappa shape index (κ1) is 26.2. The van der Waals surface area contributed by atoms with E-state index in [-0.39, 0.29) is 29.7 Å². The predicted molar refractivity (Wildman–Crippen MR) is 137 cm³/mol. The first-order chi connectivity index (χ1) is 16.0. The van der Waals surface area contributed by atoms with Gasteiger partial charge >= 0.3 is 11.9 Å². The van der Waals surface area contributed by atoms with Crippen molar-refractivity contribution in [2.45, 2.75) is 98.5 Å². The maximum atomic E-state index is 12.5. The molecule has 2 atom stereocenters. The fourth-order valence-corrected chi connectivity index (χ4v) is 4.93. The Kier molecular flexibility index (Phi) is 8.43. The molecule has 3 rings (SSSR count). The molecule has 0 aliphatic heterocycles. The van der Waals surface area contributed by atoms with Crippen molar-refractivity contribution in [3.63, 3.8) is 0 Å². The third-order valence-corrected chi connectivity index (χ3v) is 7.52. The van der Waals surface area contributed by atoms with Crippen LogP contribution in [-0.4, -0.2) is 17.5 Å². The highest BCUT2D eigenvalue weighted by Gasteiger charge is 2.39. The van der Waals surface area contributed by atoms with Crippen LogP contribution < -0.4 is 4.74 Å². The molecule has 0 bridgehead atoms. The number of carbonyl (C=O) groups is 2. The highest BCUT2D eigenvalue weighted by Crippen LogP contribution is 2.40. The molecule has 0 N–H and O–H groups in total. The number of allylic oxidation sites excluding steroid dienone is 3. The molecule has 2 aliphatic rings. The van der Waals surface area contributed by atoms with Gasteiger partial charge in [0.2, 0.25) is 0 Å². The van der Waals surface area contributed by atoms with Gasteiger partial charge in [-0.3, -0.25) is 4.79 Å². The molecule has 1 saturated carbocycles.